The minimum Gasteiger partial charge on any atom is -0.480 e. The van der Waals surface area contributed by atoms with E-state index in [0.717, 1.165) is 12.1 Å². The molecule has 0 aliphatic heterocycles. The molecular formula is C11H13FN2O4. The maximum atomic E-state index is 13.0. The number of carboxylic acids is 1. The number of methoxy groups -OCH3 is 1. The van der Waals surface area contributed by atoms with Gasteiger partial charge in [0.1, 0.15) is 5.82 Å². The van der Waals surface area contributed by atoms with Crippen molar-refractivity contribution >= 4 is 17.6 Å². The van der Waals surface area contributed by atoms with Crippen LogP contribution in [0.2, 0.25) is 0 Å². The molecule has 0 bridgehead atoms. The molecule has 1 unspecified atom stereocenters. The summed E-state index contributed by atoms with van der Waals surface area (Å²) >= 11 is 0. The predicted molar refractivity (Wildman–Crippen MR) is 61.6 cm³/mol. The second-order valence-corrected chi connectivity index (χ2v) is 3.55. The number of aliphatic carboxylic acids is 1. The number of ether oxygens (including phenoxy) is 1. The van der Waals surface area contributed by atoms with Gasteiger partial charge in [-0.3, -0.25) is 4.79 Å². The first-order chi connectivity index (χ1) is 8.45. The topological polar surface area (TPSA) is 102 Å². The SMILES string of the molecule is COCC(NC(=O)c1cc(F)ccc1N)C(=O)O. The first-order valence-corrected chi connectivity index (χ1v) is 5.03. The number of rotatable bonds is 5. The van der Waals surface area contributed by atoms with E-state index < -0.39 is 23.7 Å². The van der Waals surface area contributed by atoms with Crippen LogP contribution in [0.3, 0.4) is 0 Å². The van der Waals surface area contributed by atoms with Crippen molar-refractivity contribution in [1.82, 2.24) is 5.32 Å². The van der Waals surface area contributed by atoms with E-state index in [1.165, 1.54) is 13.2 Å². The van der Waals surface area contributed by atoms with Crippen molar-refractivity contribution in [2.45, 2.75) is 6.04 Å². The second kappa shape index (κ2) is 5.97. The smallest absolute Gasteiger partial charge is 0.328 e. The lowest BCUT2D eigenvalue weighted by Crippen LogP contribution is -2.44. The molecule has 1 aromatic rings. The zero-order valence-electron chi connectivity index (χ0n) is 9.64. The van der Waals surface area contributed by atoms with Crippen molar-refractivity contribution in [2.75, 3.05) is 19.5 Å². The van der Waals surface area contributed by atoms with Gasteiger partial charge in [0, 0.05) is 12.8 Å². The number of halogens is 1. The van der Waals surface area contributed by atoms with E-state index in [1.807, 2.05) is 0 Å². The maximum absolute atomic E-state index is 13.0. The fourth-order valence-electron chi connectivity index (χ4n) is 1.30. The number of carboxylic acid groups (broad SMARTS) is 1. The summed E-state index contributed by atoms with van der Waals surface area (Å²) < 4.78 is 17.6. The lowest BCUT2D eigenvalue weighted by molar-refractivity contribution is -0.140. The highest BCUT2D eigenvalue weighted by Crippen LogP contribution is 2.13. The van der Waals surface area contributed by atoms with Crippen LogP contribution in [-0.2, 0) is 9.53 Å². The van der Waals surface area contributed by atoms with Gasteiger partial charge in [-0.2, -0.15) is 0 Å². The van der Waals surface area contributed by atoms with Crippen LogP contribution >= 0.6 is 0 Å². The number of hydrogen-bond donors (Lipinski definition) is 3. The van der Waals surface area contributed by atoms with Crippen molar-refractivity contribution in [3.63, 3.8) is 0 Å². The van der Waals surface area contributed by atoms with E-state index in [4.69, 9.17) is 10.8 Å². The molecule has 0 aliphatic carbocycles. The Balaban J connectivity index is 2.86. The van der Waals surface area contributed by atoms with Crippen LogP contribution in [0.1, 0.15) is 10.4 Å². The summed E-state index contributed by atoms with van der Waals surface area (Å²) in [6.45, 7) is -0.198. The van der Waals surface area contributed by atoms with E-state index in [9.17, 15) is 14.0 Å². The molecule has 1 amide bonds. The van der Waals surface area contributed by atoms with Gasteiger partial charge in [0.25, 0.3) is 5.91 Å². The summed E-state index contributed by atoms with van der Waals surface area (Å²) in [4.78, 5) is 22.5. The number of nitrogens with one attached hydrogen (secondary N) is 1. The number of carbonyl (C=O) groups is 2. The van der Waals surface area contributed by atoms with E-state index in [0.29, 0.717) is 0 Å². The molecule has 0 aliphatic rings. The van der Waals surface area contributed by atoms with Crippen molar-refractivity contribution in [1.29, 1.82) is 0 Å². The standard InChI is InChI=1S/C11H13FN2O4/c1-18-5-9(11(16)17)14-10(15)7-4-6(12)2-3-8(7)13/h2-4,9H,5,13H2,1H3,(H,14,15)(H,16,17). The monoisotopic (exact) mass is 256 g/mol. The van der Waals surface area contributed by atoms with E-state index in [2.05, 4.69) is 10.1 Å². The van der Waals surface area contributed by atoms with Crippen molar-refractivity contribution in [2.24, 2.45) is 0 Å². The number of benzene rings is 1. The highest BCUT2D eigenvalue weighted by molar-refractivity contribution is 6.00. The van der Waals surface area contributed by atoms with Crippen LogP contribution in [0.5, 0.6) is 0 Å². The molecule has 4 N–H and O–H groups in total. The molecule has 0 heterocycles. The molecule has 0 radical (unpaired) electrons. The Morgan fingerprint density at radius 3 is 2.78 bits per heavy atom. The third kappa shape index (κ3) is 3.42. The number of hydrogen-bond acceptors (Lipinski definition) is 4. The quantitative estimate of drug-likeness (QED) is 0.655. The van der Waals surface area contributed by atoms with E-state index in [-0.39, 0.29) is 17.9 Å². The summed E-state index contributed by atoms with van der Waals surface area (Å²) in [5, 5.41) is 11.0. The predicted octanol–water partition coefficient (Wildman–Crippen LogP) is 0.237. The van der Waals surface area contributed by atoms with Crippen LogP contribution in [0.25, 0.3) is 0 Å². The molecule has 1 atom stereocenters. The summed E-state index contributed by atoms with van der Waals surface area (Å²) in [5.41, 5.74) is 5.46. The van der Waals surface area contributed by atoms with Crippen LogP contribution in [0.15, 0.2) is 18.2 Å². The van der Waals surface area contributed by atoms with Crippen LogP contribution in [0.4, 0.5) is 10.1 Å². The van der Waals surface area contributed by atoms with Gasteiger partial charge in [0.2, 0.25) is 0 Å². The lowest BCUT2D eigenvalue weighted by Gasteiger charge is -2.14. The molecule has 7 heteroatoms. The van der Waals surface area contributed by atoms with E-state index >= 15 is 0 Å². The Morgan fingerprint density at radius 1 is 1.56 bits per heavy atom. The molecule has 1 rings (SSSR count). The average molecular weight is 256 g/mol. The Kier molecular flexibility index (Phi) is 4.61. The Hall–Kier alpha value is -2.15. The van der Waals surface area contributed by atoms with Crippen LogP contribution in [0, 0.1) is 5.82 Å². The largest absolute Gasteiger partial charge is 0.480 e. The second-order valence-electron chi connectivity index (χ2n) is 3.55. The van der Waals surface area contributed by atoms with Crippen LogP contribution < -0.4 is 11.1 Å². The first kappa shape index (κ1) is 13.9. The molecule has 6 nitrogen and oxygen atoms in total. The Bertz CT molecular complexity index is 464. The Labute approximate surface area is 103 Å². The minimum atomic E-state index is -1.25. The summed E-state index contributed by atoms with van der Waals surface area (Å²) in [6, 6.07) is 2.06. The van der Waals surface area contributed by atoms with E-state index in [1.54, 1.807) is 0 Å². The summed E-state index contributed by atoms with van der Waals surface area (Å²) in [6.07, 6.45) is 0. The fourth-order valence-corrected chi connectivity index (χ4v) is 1.30. The van der Waals surface area contributed by atoms with Crippen molar-refractivity contribution in [3.05, 3.63) is 29.6 Å². The normalized spacial score (nSPS) is 11.9. The minimum absolute atomic E-state index is 0.0652. The van der Waals surface area contributed by atoms with Gasteiger partial charge in [0.15, 0.2) is 6.04 Å². The number of nitrogen functional groups attached to an aromatic ring is 1. The maximum Gasteiger partial charge on any atom is 0.328 e. The molecule has 0 saturated heterocycles. The molecule has 0 aromatic heterocycles. The molecule has 1 aromatic carbocycles. The third-order valence-electron chi connectivity index (χ3n) is 2.20. The molecule has 0 spiro atoms. The zero-order valence-corrected chi connectivity index (χ0v) is 9.64. The number of nitrogens with two attached hydrogens (primary N) is 1. The number of amides is 1. The van der Waals surface area contributed by atoms with Gasteiger partial charge in [-0.05, 0) is 18.2 Å². The first-order valence-electron chi connectivity index (χ1n) is 5.03. The number of carbonyl (C=O) groups excluding carboxylic acids is 1. The molecule has 98 valence electrons. The average Bonchev–Trinajstić information content (AvgIpc) is 2.31. The van der Waals surface area contributed by atoms with Crippen molar-refractivity contribution < 1.29 is 23.8 Å². The lowest BCUT2D eigenvalue weighted by atomic mass is 10.1. The van der Waals surface area contributed by atoms with Gasteiger partial charge in [-0.1, -0.05) is 0 Å². The van der Waals surface area contributed by atoms with Gasteiger partial charge >= 0.3 is 5.97 Å². The third-order valence-corrected chi connectivity index (χ3v) is 2.20. The van der Waals surface area contributed by atoms with Crippen LogP contribution in [-0.4, -0.2) is 36.7 Å². The van der Waals surface area contributed by atoms with Gasteiger partial charge < -0.3 is 20.9 Å². The fraction of sp³-hybridized carbons (Fsp3) is 0.273. The Morgan fingerprint density at radius 2 is 2.22 bits per heavy atom. The highest BCUT2D eigenvalue weighted by Gasteiger charge is 2.21. The highest BCUT2D eigenvalue weighted by atomic mass is 19.1. The zero-order chi connectivity index (χ0) is 13.7. The van der Waals surface area contributed by atoms with Gasteiger partial charge in [0.05, 0.1) is 12.2 Å². The molecular weight excluding hydrogens is 243 g/mol. The van der Waals surface area contributed by atoms with Gasteiger partial charge in [-0.15, -0.1) is 0 Å². The summed E-state index contributed by atoms with van der Waals surface area (Å²) in [5.74, 6) is -2.65. The molecule has 0 fully saturated rings. The molecule has 18 heavy (non-hydrogen) atoms. The van der Waals surface area contributed by atoms with Gasteiger partial charge in [-0.25, -0.2) is 9.18 Å². The molecule has 0 saturated carbocycles. The summed E-state index contributed by atoms with van der Waals surface area (Å²) in [7, 11) is 1.30. The number of anilines is 1. The van der Waals surface area contributed by atoms with Crippen molar-refractivity contribution in [3.8, 4) is 0 Å².